The molecule has 2 amide bonds. The zero-order valence-corrected chi connectivity index (χ0v) is 19.3. The summed E-state index contributed by atoms with van der Waals surface area (Å²) in [6, 6.07) is 23.4. The number of nitrogens with zero attached hydrogens (tertiary/aromatic N) is 1. The number of benzene rings is 3. The first-order chi connectivity index (χ1) is 17.0. The van der Waals surface area contributed by atoms with Gasteiger partial charge in [0.25, 0.3) is 11.8 Å². The second-order valence-corrected chi connectivity index (χ2v) is 7.88. The fraction of sp³-hybridized carbons (Fsp3) is 0.143. The molecule has 4 rings (SSSR count). The molecule has 0 aliphatic rings. The predicted octanol–water partition coefficient (Wildman–Crippen LogP) is 5.24. The van der Waals surface area contributed by atoms with Gasteiger partial charge in [0.15, 0.2) is 0 Å². The molecule has 176 valence electrons. The minimum absolute atomic E-state index is 0.256. The van der Waals surface area contributed by atoms with E-state index in [2.05, 4.69) is 15.6 Å². The lowest BCUT2D eigenvalue weighted by atomic mass is 10.1. The first kappa shape index (κ1) is 23.6. The highest BCUT2D eigenvalue weighted by Crippen LogP contribution is 2.20. The Morgan fingerprint density at radius 2 is 1.66 bits per heavy atom. The standard InChI is InChI=1S/C28H25N3O4/c1-2-35-26(32)15-14-19-8-7-10-22(16-19)30-28(34)23-11-4-6-13-25(23)31-27(33)21-17-20-9-3-5-12-24(20)29-18-21/h3-13,16-18H,2,14-15H2,1H3,(H,30,34)(H,31,33). The first-order valence-corrected chi connectivity index (χ1v) is 11.3. The Hall–Kier alpha value is -4.52. The molecule has 0 spiro atoms. The third kappa shape index (κ3) is 6.09. The number of carbonyl (C=O) groups excluding carboxylic acids is 3. The van der Waals surface area contributed by atoms with Gasteiger partial charge in [0, 0.05) is 23.7 Å². The normalized spacial score (nSPS) is 10.5. The van der Waals surface area contributed by atoms with Crippen molar-refractivity contribution in [1.82, 2.24) is 4.98 Å². The van der Waals surface area contributed by atoms with Gasteiger partial charge in [0.05, 0.1) is 28.9 Å². The molecule has 7 heteroatoms. The van der Waals surface area contributed by atoms with Crippen LogP contribution in [0.5, 0.6) is 0 Å². The Kier molecular flexibility index (Phi) is 7.47. The van der Waals surface area contributed by atoms with Crippen LogP contribution in [0.4, 0.5) is 11.4 Å². The van der Waals surface area contributed by atoms with E-state index >= 15 is 0 Å². The van der Waals surface area contributed by atoms with E-state index < -0.39 is 0 Å². The summed E-state index contributed by atoms with van der Waals surface area (Å²) >= 11 is 0. The molecule has 4 aromatic rings. The van der Waals surface area contributed by atoms with Crippen LogP contribution < -0.4 is 10.6 Å². The molecule has 35 heavy (non-hydrogen) atoms. The van der Waals surface area contributed by atoms with Crippen LogP contribution in [0.1, 0.15) is 39.6 Å². The number of aromatic nitrogens is 1. The number of esters is 1. The molecule has 0 aliphatic heterocycles. The molecular weight excluding hydrogens is 442 g/mol. The molecule has 0 saturated heterocycles. The molecule has 0 aliphatic carbocycles. The van der Waals surface area contributed by atoms with Gasteiger partial charge in [-0.2, -0.15) is 0 Å². The minimum Gasteiger partial charge on any atom is -0.466 e. The van der Waals surface area contributed by atoms with Crippen molar-refractivity contribution in [3.63, 3.8) is 0 Å². The van der Waals surface area contributed by atoms with Crippen LogP contribution in [-0.2, 0) is 16.0 Å². The summed E-state index contributed by atoms with van der Waals surface area (Å²) in [5, 5.41) is 6.55. The maximum Gasteiger partial charge on any atom is 0.306 e. The summed E-state index contributed by atoms with van der Waals surface area (Å²) < 4.78 is 4.97. The molecule has 0 unspecified atom stereocenters. The second-order valence-electron chi connectivity index (χ2n) is 7.88. The third-order valence-electron chi connectivity index (χ3n) is 5.38. The average Bonchev–Trinajstić information content (AvgIpc) is 2.88. The number of amides is 2. The maximum atomic E-state index is 13.0. The van der Waals surface area contributed by atoms with Gasteiger partial charge in [-0.3, -0.25) is 19.4 Å². The summed E-state index contributed by atoms with van der Waals surface area (Å²) in [5.41, 5.74) is 3.41. The highest BCUT2D eigenvalue weighted by Gasteiger charge is 2.15. The van der Waals surface area contributed by atoms with Crippen molar-refractivity contribution in [2.24, 2.45) is 0 Å². The number of anilines is 2. The lowest BCUT2D eigenvalue weighted by molar-refractivity contribution is -0.143. The number of rotatable bonds is 8. The molecule has 0 bridgehead atoms. The summed E-state index contributed by atoms with van der Waals surface area (Å²) in [6.07, 6.45) is 2.29. The van der Waals surface area contributed by atoms with Crippen LogP contribution in [0.3, 0.4) is 0 Å². The van der Waals surface area contributed by atoms with Crippen LogP contribution in [0, 0.1) is 0 Å². The monoisotopic (exact) mass is 467 g/mol. The Morgan fingerprint density at radius 1 is 0.857 bits per heavy atom. The lowest BCUT2D eigenvalue weighted by Gasteiger charge is -2.12. The second kappa shape index (κ2) is 11.1. The predicted molar refractivity (Wildman–Crippen MR) is 135 cm³/mol. The van der Waals surface area contributed by atoms with E-state index in [0.717, 1.165) is 16.5 Å². The number of fused-ring (bicyclic) bond motifs is 1. The Labute approximate surface area is 203 Å². The van der Waals surface area contributed by atoms with Gasteiger partial charge in [-0.05, 0) is 55.3 Å². The molecule has 0 atom stereocenters. The molecule has 0 fully saturated rings. The van der Waals surface area contributed by atoms with Crippen molar-refractivity contribution in [2.45, 2.75) is 19.8 Å². The van der Waals surface area contributed by atoms with Gasteiger partial charge in [0.2, 0.25) is 0 Å². The average molecular weight is 468 g/mol. The zero-order valence-electron chi connectivity index (χ0n) is 19.3. The molecule has 7 nitrogen and oxygen atoms in total. The summed E-state index contributed by atoms with van der Waals surface area (Å²) in [4.78, 5) is 41.9. The highest BCUT2D eigenvalue weighted by atomic mass is 16.5. The highest BCUT2D eigenvalue weighted by molar-refractivity contribution is 6.13. The SMILES string of the molecule is CCOC(=O)CCc1cccc(NC(=O)c2ccccc2NC(=O)c2cnc3ccccc3c2)c1. The molecule has 1 aromatic heterocycles. The number of hydrogen-bond donors (Lipinski definition) is 2. The summed E-state index contributed by atoms with van der Waals surface area (Å²) in [5.74, 6) is -0.974. The van der Waals surface area contributed by atoms with Crippen LogP contribution >= 0.6 is 0 Å². The maximum absolute atomic E-state index is 13.0. The van der Waals surface area contributed by atoms with Crippen LogP contribution in [0.15, 0.2) is 85.1 Å². The van der Waals surface area contributed by atoms with Crippen LogP contribution in [0.2, 0.25) is 0 Å². The largest absolute Gasteiger partial charge is 0.466 e. The number of para-hydroxylation sites is 2. The molecule has 2 N–H and O–H groups in total. The van der Waals surface area contributed by atoms with E-state index in [9.17, 15) is 14.4 Å². The molecule has 1 heterocycles. The van der Waals surface area contributed by atoms with Crippen molar-refractivity contribution in [1.29, 1.82) is 0 Å². The van der Waals surface area contributed by atoms with E-state index in [1.807, 2.05) is 42.5 Å². The van der Waals surface area contributed by atoms with E-state index in [0.29, 0.717) is 35.5 Å². The zero-order chi connectivity index (χ0) is 24.6. The van der Waals surface area contributed by atoms with E-state index in [4.69, 9.17) is 4.74 Å². The summed E-state index contributed by atoms with van der Waals surface area (Å²) in [6.45, 7) is 2.12. The van der Waals surface area contributed by atoms with E-state index in [1.54, 1.807) is 43.3 Å². The smallest absolute Gasteiger partial charge is 0.306 e. The Balaban J connectivity index is 1.46. The van der Waals surface area contributed by atoms with Crippen molar-refractivity contribution in [3.05, 3.63) is 102 Å². The van der Waals surface area contributed by atoms with Gasteiger partial charge in [-0.15, -0.1) is 0 Å². The number of nitrogens with one attached hydrogen (secondary N) is 2. The third-order valence-corrected chi connectivity index (χ3v) is 5.38. The number of pyridine rings is 1. The molecular formula is C28H25N3O4. The van der Waals surface area contributed by atoms with Gasteiger partial charge in [-0.25, -0.2) is 0 Å². The number of aryl methyl sites for hydroxylation is 1. The van der Waals surface area contributed by atoms with Crippen LogP contribution in [-0.4, -0.2) is 29.4 Å². The molecule has 3 aromatic carbocycles. The number of carbonyl (C=O) groups is 3. The van der Waals surface area contributed by atoms with Crippen molar-refractivity contribution >= 4 is 40.1 Å². The van der Waals surface area contributed by atoms with Gasteiger partial charge >= 0.3 is 5.97 Å². The number of ether oxygens (including phenoxy) is 1. The summed E-state index contributed by atoms with van der Waals surface area (Å²) in [7, 11) is 0. The molecule has 0 saturated carbocycles. The van der Waals surface area contributed by atoms with Crippen molar-refractivity contribution < 1.29 is 19.1 Å². The molecule has 0 radical (unpaired) electrons. The fourth-order valence-corrected chi connectivity index (χ4v) is 3.66. The van der Waals surface area contributed by atoms with Crippen molar-refractivity contribution in [2.75, 3.05) is 17.2 Å². The van der Waals surface area contributed by atoms with Crippen LogP contribution in [0.25, 0.3) is 10.9 Å². The minimum atomic E-state index is -0.361. The number of hydrogen-bond acceptors (Lipinski definition) is 5. The van der Waals surface area contributed by atoms with E-state index in [-0.39, 0.29) is 24.2 Å². The Bertz CT molecular complexity index is 1380. The quantitative estimate of drug-likeness (QED) is 0.346. The van der Waals surface area contributed by atoms with Gasteiger partial charge < -0.3 is 15.4 Å². The van der Waals surface area contributed by atoms with Gasteiger partial charge in [0.1, 0.15) is 0 Å². The van der Waals surface area contributed by atoms with E-state index in [1.165, 1.54) is 6.20 Å². The Morgan fingerprint density at radius 3 is 2.51 bits per heavy atom. The lowest BCUT2D eigenvalue weighted by Crippen LogP contribution is -2.18. The van der Waals surface area contributed by atoms with Gasteiger partial charge in [-0.1, -0.05) is 42.5 Å². The topological polar surface area (TPSA) is 97.4 Å². The van der Waals surface area contributed by atoms with Crippen molar-refractivity contribution in [3.8, 4) is 0 Å². The first-order valence-electron chi connectivity index (χ1n) is 11.3. The fourth-order valence-electron chi connectivity index (χ4n) is 3.66.